The smallest absolute Gasteiger partial charge is 0.128 e. The van der Waals surface area contributed by atoms with Crippen LogP contribution in [-0.4, -0.2) is 24.1 Å². The maximum absolute atomic E-state index is 4.74. The molecule has 0 atom stereocenters. The van der Waals surface area contributed by atoms with Gasteiger partial charge in [0.25, 0.3) is 0 Å². The lowest BCUT2D eigenvalue weighted by molar-refractivity contribution is 0.417. The van der Waals surface area contributed by atoms with Gasteiger partial charge in [-0.3, -0.25) is 0 Å². The fourth-order valence-corrected chi connectivity index (χ4v) is 2.13. The summed E-state index contributed by atoms with van der Waals surface area (Å²) in [5.74, 6) is 1.05. The predicted molar refractivity (Wildman–Crippen MR) is 88.3 cm³/mol. The Kier molecular flexibility index (Phi) is 5.20. The van der Waals surface area contributed by atoms with Gasteiger partial charge in [-0.15, -0.1) is 0 Å². The van der Waals surface area contributed by atoms with Gasteiger partial charge in [-0.05, 0) is 44.7 Å². The highest BCUT2D eigenvalue weighted by Crippen LogP contribution is 2.20. The Morgan fingerprint density at radius 1 is 1.10 bits per heavy atom. The summed E-state index contributed by atoms with van der Waals surface area (Å²) in [6.07, 6.45) is 0. The second kappa shape index (κ2) is 6.13. The molecule has 0 fully saturated rings. The van der Waals surface area contributed by atoms with Crippen molar-refractivity contribution < 1.29 is 0 Å². The van der Waals surface area contributed by atoms with E-state index in [2.05, 4.69) is 77.9 Å². The maximum Gasteiger partial charge on any atom is 0.128 e. The van der Waals surface area contributed by atoms with E-state index in [1.165, 1.54) is 5.56 Å². The van der Waals surface area contributed by atoms with Gasteiger partial charge in [-0.25, -0.2) is 4.98 Å². The highest BCUT2D eigenvalue weighted by atomic mass is 15.2. The molecular weight excluding hydrogens is 246 g/mol. The Morgan fingerprint density at radius 3 is 2.15 bits per heavy atom. The van der Waals surface area contributed by atoms with Gasteiger partial charge in [-0.1, -0.05) is 26.8 Å². The van der Waals surface area contributed by atoms with Crippen LogP contribution in [0.15, 0.2) is 12.1 Å². The van der Waals surface area contributed by atoms with E-state index in [1.54, 1.807) is 0 Å². The van der Waals surface area contributed by atoms with Crippen LogP contribution in [0.4, 0.5) is 5.82 Å². The predicted octanol–water partition coefficient (Wildman–Crippen LogP) is 3.76. The standard InChI is InChI=1S/C17H31N3/c1-13-14(11-18-17(5,6)7)9-10-15(19-13)20(8)12-16(2,3)4/h9-10,18H,11-12H2,1-8H3. The Balaban J connectivity index is 2.77. The van der Waals surface area contributed by atoms with Gasteiger partial charge in [0.2, 0.25) is 0 Å². The first-order valence-corrected chi connectivity index (χ1v) is 7.41. The van der Waals surface area contributed by atoms with Crippen molar-refractivity contribution in [1.29, 1.82) is 0 Å². The molecule has 0 unspecified atom stereocenters. The van der Waals surface area contributed by atoms with Crippen LogP contribution >= 0.6 is 0 Å². The molecule has 1 aromatic heterocycles. The summed E-state index contributed by atoms with van der Waals surface area (Å²) in [5, 5.41) is 3.51. The Hall–Kier alpha value is -1.09. The molecule has 0 aromatic carbocycles. The van der Waals surface area contributed by atoms with E-state index in [9.17, 15) is 0 Å². The molecule has 0 saturated carbocycles. The first-order valence-electron chi connectivity index (χ1n) is 7.41. The first kappa shape index (κ1) is 17.0. The molecule has 0 amide bonds. The zero-order valence-corrected chi connectivity index (χ0v) is 14.5. The molecule has 0 aliphatic carbocycles. The van der Waals surface area contributed by atoms with Crippen molar-refractivity contribution in [2.45, 2.75) is 60.5 Å². The Labute approximate surface area is 124 Å². The summed E-state index contributed by atoms with van der Waals surface area (Å²) >= 11 is 0. The van der Waals surface area contributed by atoms with Gasteiger partial charge in [-0.2, -0.15) is 0 Å². The summed E-state index contributed by atoms with van der Waals surface area (Å²) in [6, 6.07) is 4.31. The van der Waals surface area contributed by atoms with Crippen molar-refractivity contribution in [1.82, 2.24) is 10.3 Å². The fourth-order valence-electron chi connectivity index (χ4n) is 2.13. The Bertz CT molecular complexity index is 439. The lowest BCUT2D eigenvalue weighted by Gasteiger charge is -2.28. The number of rotatable bonds is 4. The topological polar surface area (TPSA) is 28.2 Å². The third-order valence-electron chi connectivity index (χ3n) is 3.09. The normalized spacial score (nSPS) is 12.6. The largest absolute Gasteiger partial charge is 0.359 e. The number of nitrogens with one attached hydrogen (secondary N) is 1. The van der Waals surface area contributed by atoms with E-state index >= 15 is 0 Å². The van der Waals surface area contributed by atoms with Crippen molar-refractivity contribution in [3.8, 4) is 0 Å². The van der Waals surface area contributed by atoms with Crippen LogP contribution in [0.3, 0.4) is 0 Å². The summed E-state index contributed by atoms with van der Waals surface area (Å²) in [5.41, 5.74) is 2.79. The average Bonchev–Trinajstić information content (AvgIpc) is 2.23. The van der Waals surface area contributed by atoms with E-state index < -0.39 is 0 Å². The highest BCUT2D eigenvalue weighted by Gasteiger charge is 2.15. The molecule has 0 aliphatic rings. The van der Waals surface area contributed by atoms with Crippen LogP contribution in [0.1, 0.15) is 52.8 Å². The molecule has 20 heavy (non-hydrogen) atoms. The summed E-state index contributed by atoms with van der Waals surface area (Å²) in [7, 11) is 2.11. The van der Waals surface area contributed by atoms with Gasteiger partial charge in [0.1, 0.15) is 5.82 Å². The summed E-state index contributed by atoms with van der Waals surface area (Å²) in [4.78, 5) is 6.97. The number of pyridine rings is 1. The van der Waals surface area contributed by atoms with Crippen molar-refractivity contribution in [2.75, 3.05) is 18.5 Å². The van der Waals surface area contributed by atoms with Crippen LogP contribution < -0.4 is 10.2 Å². The average molecular weight is 277 g/mol. The fraction of sp³-hybridized carbons (Fsp3) is 0.706. The number of aromatic nitrogens is 1. The van der Waals surface area contributed by atoms with Gasteiger partial charge in [0.15, 0.2) is 0 Å². The molecule has 1 rings (SSSR count). The molecule has 0 bridgehead atoms. The van der Waals surface area contributed by atoms with E-state index in [4.69, 9.17) is 4.98 Å². The highest BCUT2D eigenvalue weighted by molar-refractivity contribution is 5.41. The van der Waals surface area contributed by atoms with E-state index in [1.807, 2.05) is 0 Å². The van der Waals surface area contributed by atoms with E-state index in [-0.39, 0.29) is 11.0 Å². The second-order valence-corrected chi connectivity index (χ2v) is 7.93. The number of anilines is 1. The van der Waals surface area contributed by atoms with Gasteiger partial charge in [0.05, 0.1) is 0 Å². The molecule has 3 nitrogen and oxygen atoms in total. The number of aryl methyl sites for hydroxylation is 1. The van der Waals surface area contributed by atoms with Crippen LogP contribution in [0.5, 0.6) is 0 Å². The van der Waals surface area contributed by atoms with Crippen LogP contribution in [0.25, 0.3) is 0 Å². The minimum Gasteiger partial charge on any atom is -0.359 e. The zero-order valence-electron chi connectivity index (χ0n) is 14.5. The van der Waals surface area contributed by atoms with E-state index in [0.29, 0.717) is 0 Å². The molecule has 0 aliphatic heterocycles. The Morgan fingerprint density at radius 2 is 1.70 bits per heavy atom. The SMILES string of the molecule is Cc1nc(N(C)CC(C)(C)C)ccc1CNC(C)(C)C. The number of hydrogen-bond donors (Lipinski definition) is 1. The minimum atomic E-state index is 0.133. The third-order valence-corrected chi connectivity index (χ3v) is 3.09. The van der Waals surface area contributed by atoms with E-state index in [0.717, 1.165) is 24.6 Å². The summed E-state index contributed by atoms with van der Waals surface area (Å²) in [6.45, 7) is 17.2. The lowest BCUT2D eigenvalue weighted by Crippen LogP contribution is -2.35. The van der Waals surface area contributed by atoms with Gasteiger partial charge < -0.3 is 10.2 Å². The monoisotopic (exact) mass is 277 g/mol. The zero-order chi connectivity index (χ0) is 15.6. The molecule has 1 aromatic rings. The molecule has 1 heterocycles. The minimum absolute atomic E-state index is 0.133. The number of hydrogen-bond acceptors (Lipinski definition) is 3. The maximum atomic E-state index is 4.74. The van der Waals surface area contributed by atoms with Crippen molar-refractivity contribution in [3.63, 3.8) is 0 Å². The van der Waals surface area contributed by atoms with Crippen molar-refractivity contribution >= 4 is 5.82 Å². The molecule has 0 radical (unpaired) electrons. The molecule has 3 heteroatoms. The molecule has 1 N–H and O–H groups in total. The molecule has 0 saturated heterocycles. The first-order chi connectivity index (χ1) is 8.98. The lowest BCUT2D eigenvalue weighted by atomic mass is 9.96. The van der Waals surface area contributed by atoms with Gasteiger partial charge >= 0.3 is 0 Å². The molecular formula is C17H31N3. The second-order valence-electron chi connectivity index (χ2n) is 7.93. The van der Waals surface area contributed by atoms with Crippen molar-refractivity contribution in [2.24, 2.45) is 5.41 Å². The molecule has 0 spiro atoms. The van der Waals surface area contributed by atoms with Crippen LogP contribution in [-0.2, 0) is 6.54 Å². The third kappa shape index (κ3) is 5.91. The quantitative estimate of drug-likeness (QED) is 0.908. The number of nitrogens with zero attached hydrogens (tertiary/aromatic N) is 2. The van der Waals surface area contributed by atoms with Crippen molar-refractivity contribution in [3.05, 3.63) is 23.4 Å². The molecule has 114 valence electrons. The summed E-state index contributed by atoms with van der Waals surface area (Å²) < 4.78 is 0. The van der Waals surface area contributed by atoms with Crippen LogP contribution in [0.2, 0.25) is 0 Å². The van der Waals surface area contributed by atoms with Gasteiger partial charge in [0, 0.05) is 31.4 Å². The van der Waals surface area contributed by atoms with Crippen LogP contribution in [0, 0.1) is 12.3 Å².